The third kappa shape index (κ3) is 3.95. The highest BCUT2D eigenvalue weighted by atomic mass is 19.4. The van der Waals surface area contributed by atoms with Crippen LogP contribution in [0.2, 0.25) is 0 Å². The van der Waals surface area contributed by atoms with Crippen LogP contribution in [0.15, 0.2) is 18.2 Å². The van der Waals surface area contributed by atoms with Gasteiger partial charge < -0.3 is 10.1 Å². The molecule has 6 heteroatoms. The number of ether oxygens (including phenoxy) is 1. The molecule has 0 amide bonds. The van der Waals surface area contributed by atoms with Crippen molar-refractivity contribution in [3.63, 3.8) is 0 Å². The summed E-state index contributed by atoms with van der Waals surface area (Å²) in [6, 6.07) is 3.00. The first kappa shape index (κ1) is 16.2. The van der Waals surface area contributed by atoms with Crippen LogP contribution >= 0.6 is 0 Å². The molecule has 1 fully saturated rings. The molecule has 0 aliphatic carbocycles. The van der Waals surface area contributed by atoms with E-state index in [4.69, 9.17) is 4.74 Å². The van der Waals surface area contributed by atoms with Crippen LogP contribution in [-0.4, -0.2) is 19.8 Å². The van der Waals surface area contributed by atoms with Gasteiger partial charge in [-0.3, -0.25) is 0 Å². The van der Waals surface area contributed by atoms with E-state index in [9.17, 15) is 17.6 Å². The summed E-state index contributed by atoms with van der Waals surface area (Å²) in [5, 5.41) is 3.29. The molecule has 0 radical (unpaired) electrons. The van der Waals surface area contributed by atoms with Gasteiger partial charge >= 0.3 is 6.18 Å². The standard InChI is InChI=1S/C15H19F4NO/c1-2-6-20-14(11-5-7-21-9-11)10-3-4-12(13(16)8-10)15(17,18)19/h3-4,8,11,14,20H,2,5-7,9H2,1H3. The van der Waals surface area contributed by atoms with E-state index < -0.39 is 17.6 Å². The van der Waals surface area contributed by atoms with Crippen LogP contribution in [0, 0.1) is 11.7 Å². The lowest BCUT2D eigenvalue weighted by atomic mass is 9.91. The molecular weight excluding hydrogens is 286 g/mol. The fraction of sp³-hybridized carbons (Fsp3) is 0.600. The first-order valence-corrected chi connectivity index (χ1v) is 7.11. The molecule has 0 aromatic heterocycles. The molecule has 0 spiro atoms. The maximum absolute atomic E-state index is 13.7. The summed E-state index contributed by atoms with van der Waals surface area (Å²) in [6.45, 7) is 3.91. The van der Waals surface area contributed by atoms with E-state index in [1.807, 2.05) is 6.92 Å². The lowest BCUT2D eigenvalue weighted by molar-refractivity contribution is -0.140. The molecule has 1 aliphatic rings. The zero-order chi connectivity index (χ0) is 15.5. The van der Waals surface area contributed by atoms with Crippen molar-refractivity contribution in [2.24, 2.45) is 5.92 Å². The van der Waals surface area contributed by atoms with Crippen LogP contribution in [0.3, 0.4) is 0 Å². The van der Waals surface area contributed by atoms with E-state index in [1.54, 1.807) is 0 Å². The van der Waals surface area contributed by atoms with Gasteiger partial charge in [0.25, 0.3) is 0 Å². The Bertz CT molecular complexity index is 469. The van der Waals surface area contributed by atoms with Crippen LogP contribution in [0.5, 0.6) is 0 Å². The highest BCUT2D eigenvalue weighted by molar-refractivity contribution is 5.29. The summed E-state index contributed by atoms with van der Waals surface area (Å²) in [5.41, 5.74) is -0.674. The van der Waals surface area contributed by atoms with Gasteiger partial charge in [0, 0.05) is 18.6 Å². The van der Waals surface area contributed by atoms with Crippen LogP contribution in [0.1, 0.15) is 36.9 Å². The molecule has 2 atom stereocenters. The van der Waals surface area contributed by atoms with Gasteiger partial charge in [0.05, 0.1) is 12.2 Å². The molecule has 0 bridgehead atoms. The highest BCUT2D eigenvalue weighted by Crippen LogP contribution is 2.34. The SMILES string of the molecule is CCCNC(c1ccc(C(F)(F)F)c(F)c1)C1CCOC1. The number of nitrogens with one attached hydrogen (secondary N) is 1. The highest BCUT2D eigenvalue weighted by Gasteiger charge is 2.35. The Morgan fingerprint density at radius 3 is 2.67 bits per heavy atom. The topological polar surface area (TPSA) is 21.3 Å². The average Bonchev–Trinajstić information content (AvgIpc) is 2.91. The van der Waals surface area contributed by atoms with Gasteiger partial charge in [0.1, 0.15) is 5.82 Å². The predicted octanol–water partition coefficient (Wildman–Crippen LogP) is 3.92. The van der Waals surface area contributed by atoms with Gasteiger partial charge in [-0.2, -0.15) is 13.2 Å². The fourth-order valence-corrected chi connectivity index (χ4v) is 2.63. The second kappa shape index (κ2) is 6.75. The van der Waals surface area contributed by atoms with Crippen molar-refractivity contribution >= 4 is 0 Å². The largest absolute Gasteiger partial charge is 0.419 e. The Balaban J connectivity index is 2.25. The van der Waals surface area contributed by atoms with Crippen molar-refractivity contribution < 1.29 is 22.3 Å². The Morgan fingerprint density at radius 1 is 1.38 bits per heavy atom. The number of hydrogen-bond donors (Lipinski definition) is 1. The molecule has 1 saturated heterocycles. The van der Waals surface area contributed by atoms with Crippen LogP contribution in [-0.2, 0) is 10.9 Å². The van der Waals surface area contributed by atoms with E-state index in [0.717, 1.165) is 31.5 Å². The van der Waals surface area contributed by atoms with E-state index in [2.05, 4.69) is 5.32 Å². The van der Waals surface area contributed by atoms with Crippen LogP contribution < -0.4 is 5.32 Å². The number of halogens is 4. The van der Waals surface area contributed by atoms with Crippen molar-refractivity contribution in [1.82, 2.24) is 5.32 Å². The second-order valence-corrected chi connectivity index (χ2v) is 5.29. The summed E-state index contributed by atoms with van der Waals surface area (Å²) in [5.74, 6) is -1.06. The third-order valence-electron chi connectivity index (χ3n) is 3.71. The summed E-state index contributed by atoms with van der Waals surface area (Å²) < 4.78 is 56.9. The minimum Gasteiger partial charge on any atom is -0.381 e. The number of benzene rings is 1. The summed E-state index contributed by atoms with van der Waals surface area (Å²) in [4.78, 5) is 0. The van der Waals surface area contributed by atoms with Gasteiger partial charge in [-0.05, 0) is 37.1 Å². The minimum atomic E-state index is -4.66. The minimum absolute atomic E-state index is 0.160. The smallest absolute Gasteiger partial charge is 0.381 e. The molecule has 1 aliphatic heterocycles. The Hall–Kier alpha value is -1.14. The average molecular weight is 305 g/mol. The molecule has 21 heavy (non-hydrogen) atoms. The van der Waals surface area contributed by atoms with E-state index >= 15 is 0 Å². The van der Waals surface area contributed by atoms with Gasteiger partial charge in [-0.15, -0.1) is 0 Å². The Kier molecular flexibility index (Phi) is 5.22. The van der Waals surface area contributed by atoms with E-state index in [1.165, 1.54) is 6.07 Å². The quantitative estimate of drug-likeness (QED) is 0.833. The maximum atomic E-state index is 13.7. The van der Waals surface area contributed by atoms with E-state index in [0.29, 0.717) is 18.8 Å². The monoisotopic (exact) mass is 305 g/mol. The molecule has 1 aromatic rings. The Labute approximate surface area is 121 Å². The molecule has 1 N–H and O–H groups in total. The summed E-state index contributed by atoms with van der Waals surface area (Å²) >= 11 is 0. The third-order valence-corrected chi connectivity index (χ3v) is 3.71. The molecule has 2 unspecified atom stereocenters. The molecule has 2 rings (SSSR count). The van der Waals surface area contributed by atoms with Crippen molar-refractivity contribution in [2.75, 3.05) is 19.8 Å². The van der Waals surface area contributed by atoms with Crippen molar-refractivity contribution in [2.45, 2.75) is 32.0 Å². The number of alkyl halides is 3. The molecule has 2 nitrogen and oxygen atoms in total. The molecule has 0 saturated carbocycles. The fourth-order valence-electron chi connectivity index (χ4n) is 2.63. The van der Waals surface area contributed by atoms with E-state index in [-0.39, 0.29) is 12.0 Å². The summed E-state index contributed by atoms with van der Waals surface area (Å²) in [7, 11) is 0. The van der Waals surface area contributed by atoms with Crippen LogP contribution in [0.4, 0.5) is 17.6 Å². The van der Waals surface area contributed by atoms with Gasteiger partial charge in [-0.25, -0.2) is 4.39 Å². The molecule has 1 aromatic carbocycles. The molecule has 118 valence electrons. The predicted molar refractivity (Wildman–Crippen MR) is 71.4 cm³/mol. The zero-order valence-electron chi connectivity index (χ0n) is 11.8. The lowest BCUT2D eigenvalue weighted by Gasteiger charge is -2.25. The number of hydrogen-bond acceptors (Lipinski definition) is 2. The molecular formula is C15H19F4NO. The second-order valence-electron chi connectivity index (χ2n) is 5.29. The van der Waals surface area contributed by atoms with Crippen molar-refractivity contribution in [3.8, 4) is 0 Å². The molecule has 1 heterocycles. The maximum Gasteiger partial charge on any atom is 0.419 e. The van der Waals surface area contributed by atoms with Gasteiger partial charge in [0.15, 0.2) is 0 Å². The van der Waals surface area contributed by atoms with Crippen molar-refractivity contribution in [1.29, 1.82) is 0 Å². The summed E-state index contributed by atoms with van der Waals surface area (Å²) in [6.07, 6.45) is -2.94. The Morgan fingerprint density at radius 2 is 2.14 bits per heavy atom. The van der Waals surface area contributed by atoms with Gasteiger partial charge in [-0.1, -0.05) is 13.0 Å². The van der Waals surface area contributed by atoms with Gasteiger partial charge in [0.2, 0.25) is 0 Å². The zero-order valence-corrected chi connectivity index (χ0v) is 11.8. The first-order valence-electron chi connectivity index (χ1n) is 7.11. The number of rotatable bonds is 5. The van der Waals surface area contributed by atoms with Crippen molar-refractivity contribution in [3.05, 3.63) is 35.1 Å². The lowest BCUT2D eigenvalue weighted by Crippen LogP contribution is -2.29. The van der Waals surface area contributed by atoms with Crippen LogP contribution in [0.25, 0.3) is 0 Å². The first-order chi connectivity index (χ1) is 9.93. The normalized spacial score (nSPS) is 20.7.